The van der Waals surface area contributed by atoms with Gasteiger partial charge >= 0.3 is 0 Å². The van der Waals surface area contributed by atoms with Crippen molar-refractivity contribution in [2.24, 2.45) is 0 Å². The van der Waals surface area contributed by atoms with Crippen LogP contribution in [0.3, 0.4) is 0 Å². The predicted octanol–water partition coefficient (Wildman–Crippen LogP) is 1.31. The lowest BCUT2D eigenvalue weighted by atomic mass is 10.4. The Balaban J connectivity index is 2.50. The van der Waals surface area contributed by atoms with Crippen molar-refractivity contribution in [1.82, 2.24) is 0 Å². The molecule has 0 fully saturated rings. The van der Waals surface area contributed by atoms with Crippen LogP contribution < -0.4 is 5.19 Å². The highest BCUT2D eigenvalue weighted by Gasteiger charge is 2.11. The molecule has 0 N–H and O–H groups in total. The summed E-state index contributed by atoms with van der Waals surface area (Å²) < 4.78 is 6.04. The van der Waals surface area contributed by atoms with Crippen molar-refractivity contribution in [1.29, 1.82) is 0 Å². The quantitative estimate of drug-likeness (QED) is 0.677. The molecule has 3 heteroatoms. The maximum absolute atomic E-state index is 6.04. The van der Waals surface area contributed by atoms with Gasteiger partial charge in [0.25, 0.3) is 0 Å². The Bertz CT molecular complexity index is 287. The largest absolute Gasteiger partial charge is 0.417 e. The lowest BCUT2D eigenvalue weighted by Gasteiger charge is -2.18. The number of hydrogen-bond donors (Lipinski definition) is 0. The van der Waals surface area contributed by atoms with Crippen LogP contribution in [0.15, 0.2) is 42.6 Å². The maximum Gasteiger partial charge on any atom is 0.197 e. The molecule has 15 heavy (non-hydrogen) atoms. The molecule has 82 valence electrons. The van der Waals surface area contributed by atoms with Crippen molar-refractivity contribution in [3.8, 4) is 0 Å². The van der Waals surface area contributed by atoms with Crippen molar-refractivity contribution >= 4 is 23.7 Å². The summed E-state index contributed by atoms with van der Waals surface area (Å²) in [5, 5.41) is 1.50. The molecule has 1 aromatic rings. The third kappa shape index (κ3) is 4.60. The van der Waals surface area contributed by atoms with Crippen LogP contribution in [0.25, 0.3) is 0 Å². The molecule has 1 aromatic carbocycles. The molecule has 0 spiro atoms. The summed E-state index contributed by atoms with van der Waals surface area (Å²) in [6, 6.07) is 10.7. The van der Waals surface area contributed by atoms with Crippen molar-refractivity contribution in [2.75, 3.05) is 0 Å². The van der Waals surface area contributed by atoms with Gasteiger partial charge in [0.2, 0.25) is 0 Å². The van der Waals surface area contributed by atoms with E-state index in [9.17, 15) is 0 Å². The average Bonchev–Trinajstić information content (AvgIpc) is 2.29. The standard InChI is InChI=1S/C12H20OSi2/c1-4-12(13-15(3)5-2)14-11-9-7-6-8-10-11/h5-10,12,15H,2,4,14H2,1,3H3. The van der Waals surface area contributed by atoms with E-state index in [1.807, 2.05) is 5.70 Å². The summed E-state index contributed by atoms with van der Waals surface area (Å²) in [6.07, 6.45) is 1.13. The van der Waals surface area contributed by atoms with Gasteiger partial charge in [-0.1, -0.05) is 48.1 Å². The third-order valence-corrected chi connectivity index (χ3v) is 6.53. The van der Waals surface area contributed by atoms with Crippen molar-refractivity contribution in [3.05, 3.63) is 42.6 Å². The van der Waals surface area contributed by atoms with Gasteiger partial charge in [0, 0.05) is 5.73 Å². The number of rotatable bonds is 6. The summed E-state index contributed by atoms with van der Waals surface area (Å²) in [4.78, 5) is 0. The minimum absolute atomic E-state index is 0.285. The summed E-state index contributed by atoms with van der Waals surface area (Å²) in [7, 11) is -1.38. The van der Waals surface area contributed by atoms with Gasteiger partial charge in [-0.3, -0.25) is 0 Å². The average molecular weight is 236 g/mol. The molecule has 2 atom stereocenters. The van der Waals surface area contributed by atoms with Crippen LogP contribution in [-0.4, -0.2) is 24.3 Å². The minimum atomic E-state index is -1.10. The number of benzene rings is 1. The molecule has 0 aliphatic rings. The van der Waals surface area contributed by atoms with Crippen LogP contribution in [0.4, 0.5) is 0 Å². The molecule has 0 heterocycles. The first-order chi connectivity index (χ1) is 7.26. The van der Waals surface area contributed by atoms with Gasteiger partial charge in [0.1, 0.15) is 0 Å². The Labute approximate surface area is 96.7 Å². The molecule has 1 nitrogen and oxygen atoms in total. The molecule has 0 aromatic heterocycles. The predicted molar refractivity (Wildman–Crippen MR) is 73.0 cm³/mol. The molecule has 0 amide bonds. The summed E-state index contributed by atoms with van der Waals surface area (Å²) in [6.45, 7) is 8.21. The summed E-state index contributed by atoms with van der Waals surface area (Å²) >= 11 is 0. The second-order valence-electron chi connectivity index (χ2n) is 3.80. The van der Waals surface area contributed by atoms with Crippen LogP contribution in [0.1, 0.15) is 13.3 Å². The monoisotopic (exact) mass is 236 g/mol. The normalized spacial score (nSPS) is 15.3. The Morgan fingerprint density at radius 3 is 2.67 bits per heavy atom. The van der Waals surface area contributed by atoms with E-state index in [0.717, 1.165) is 6.42 Å². The van der Waals surface area contributed by atoms with E-state index in [4.69, 9.17) is 4.43 Å². The molecule has 0 aliphatic carbocycles. The minimum Gasteiger partial charge on any atom is -0.417 e. The zero-order valence-corrected chi connectivity index (χ0v) is 12.2. The highest BCUT2D eigenvalue weighted by molar-refractivity contribution is 6.59. The van der Waals surface area contributed by atoms with E-state index in [0.29, 0.717) is 5.73 Å². The first-order valence-corrected chi connectivity index (χ1v) is 9.39. The fourth-order valence-corrected chi connectivity index (χ4v) is 5.09. The second-order valence-corrected chi connectivity index (χ2v) is 8.09. The fraction of sp³-hybridized carbons (Fsp3) is 0.333. The Hall–Kier alpha value is -0.646. The van der Waals surface area contributed by atoms with Crippen LogP contribution in [0.5, 0.6) is 0 Å². The van der Waals surface area contributed by atoms with Crippen molar-refractivity contribution in [2.45, 2.75) is 25.6 Å². The van der Waals surface area contributed by atoms with Gasteiger partial charge in [-0.05, 0) is 13.0 Å². The molecule has 0 saturated heterocycles. The molecular formula is C12H20OSi2. The Kier molecular flexibility index (Phi) is 5.60. The molecule has 0 saturated carbocycles. The molecule has 0 bridgehead atoms. The van der Waals surface area contributed by atoms with Gasteiger partial charge < -0.3 is 4.43 Å². The van der Waals surface area contributed by atoms with E-state index in [-0.39, 0.29) is 9.52 Å². The van der Waals surface area contributed by atoms with Crippen LogP contribution >= 0.6 is 0 Å². The van der Waals surface area contributed by atoms with E-state index in [1.54, 1.807) is 0 Å². The lowest BCUT2D eigenvalue weighted by molar-refractivity contribution is 0.283. The third-order valence-electron chi connectivity index (χ3n) is 2.50. The molecular weight excluding hydrogens is 216 g/mol. The van der Waals surface area contributed by atoms with Gasteiger partial charge in [0.15, 0.2) is 9.04 Å². The van der Waals surface area contributed by atoms with Crippen molar-refractivity contribution < 1.29 is 4.43 Å². The summed E-state index contributed by atoms with van der Waals surface area (Å²) in [5.41, 5.74) is 2.49. The smallest absolute Gasteiger partial charge is 0.197 e. The Morgan fingerprint density at radius 1 is 1.47 bits per heavy atom. The maximum atomic E-state index is 6.04. The van der Waals surface area contributed by atoms with Crippen molar-refractivity contribution in [3.63, 3.8) is 0 Å². The zero-order valence-electron chi connectivity index (χ0n) is 9.65. The van der Waals surface area contributed by atoms with E-state index in [2.05, 4.69) is 50.4 Å². The fourth-order valence-electron chi connectivity index (χ4n) is 1.52. The molecule has 0 aliphatic heterocycles. The van der Waals surface area contributed by atoms with Gasteiger partial charge in [-0.25, -0.2) is 0 Å². The molecule has 1 rings (SSSR count). The van der Waals surface area contributed by atoms with Crippen LogP contribution in [0, 0.1) is 0 Å². The van der Waals surface area contributed by atoms with Crippen LogP contribution in [0.2, 0.25) is 6.55 Å². The highest BCUT2D eigenvalue weighted by atomic mass is 28.3. The van der Waals surface area contributed by atoms with E-state index < -0.39 is 9.04 Å². The SMILES string of the molecule is C=C[SiH](C)OC(CC)[SiH2]c1ccccc1. The highest BCUT2D eigenvalue weighted by Crippen LogP contribution is 2.00. The topological polar surface area (TPSA) is 9.23 Å². The van der Waals surface area contributed by atoms with E-state index >= 15 is 0 Å². The zero-order chi connectivity index (χ0) is 11.1. The van der Waals surface area contributed by atoms with Crippen LogP contribution in [-0.2, 0) is 4.43 Å². The molecule has 0 radical (unpaired) electrons. The molecule has 2 unspecified atom stereocenters. The second kappa shape index (κ2) is 6.77. The van der Waals surface area contributed by atoms with Gasteiger partial charge in [0.05, 0.1) is 9.52 Å². The first-order valence-electron chi connectivity index (χ1n) is 5.58. The lowest BCUT2D eigenvalue weighted by Crippen LogP contribution is -2.33. The first kappa shape index (κ1) is 12.4. The van der Waals surface area contributed by atoms with Gasteiger partial charge in [-0.2, -0.15) is 0 Å². The summed E-state index contributed by atoms with van der Waals surface area (Å²) in [5.74, 6) is 0. The van der Waals surface area contributed by atoms with E-state index in [1.165, 1.54) is 5.19 Å². The number of hydrogen-bond acceptors (Lipinski definition) is 1. The Morgan fingerprint density at radius 2 is 2.13 bits per heavy atom. The van der Waals surface area contributed by atoms with Gasteiger partial charge in [-0.15, -0.1) is 6.58 Å².